The Morgan fingerprint density at radius 3 is 2.53 bits per heavy atom. The van der Waals surface area contributed by atoms with E-state index in [0.717, 1.165) is 38.9 Å². The monoisotopic (exact) mass is 272 g/mol. The molecule has 19 heavy (non-hydrogen) atoms. The molecule has 0 aromatic rings. The molecular weight excluding hydrogens is 240 g/mol. The summed E-state index contributed by atoms with van der Waals surface area (Å²) in [4.78, 5) is 11.7. The van der Waals surface area contributed by atoms with Crippen molar-refractivity contribution in [2.45, 2.75) is 52.9 Å². The van der Waals surface area contributed by atoms with Gasteiger partial charge in [0, 0.05) is 26.2 Å². The smallest absolute Gasteiger partial charge is 0.220 e. The minimum absolute atomic E-state index is 0.115. The quantitative estimate of drug-likeness (QED) is 0.536. The first-order valence-electron chi connectivity index (χ1n) is 7.64. The summed E-state index contributed by atoms with van der Waals surface area (Å²) in [6.45, 7) is 9.31. The van der Waals surface area contributed by atoms with Crippen LogP contribution in [0.4, 0.5) is 0 Å². The summed E-state index contributed by atoms with van der Waals surface area (Å²) < 4.78 is 5.44. The molecule has 0 fully saturated rings. The van der Waals surface area contributed by atoms with Gasteiger partial charge in [0.25, 0.3) is 0 Å². The highest BCUT2D eigenvalue weighted by Crippen LogP contribution is 2.13. The zero-order valence-electron chi connectivity index (χ0n) is 12.9. The van der Waals surface area contributed by atoms with Crippen LogP contribution < -0.4 is 11.1 Å². The van der Waals surface area contributed by atoms with Crippen molar-refractivity contribution >= 4 is 5.91 Å². The van der Waals surface area contributed by atoms with Crippen molar-refractivity contribution < 1.29 is 9.53 Å². The molecule has 0 heterocycles. The first-order chi connectivity index (χ1) is 9.10. The summed E-state index contributed by atoms with van der Waals surface area (Å²) in [7, 11) is 0. The van der Waals surface area contributed by atoms with E-state index in [1.165, 1.54) is 0 Å². The number of unbranched alkanes of at least 4 members (excludes halogenated alkanes) is 1. The third-order valence-electron chi connectivity index (χ3n) is 3.04. The summed E-state index contributed by atoms with van der Waals surface area (Å²) in [5.41, 5.74) is 5.69. The number of nitrogens with two attached hydrogens (primary N) is 1. The molecule has 0 rings (SSSR count). The number of carbonyl (C=O) groups is 1. The molecule has 114 valence electrons. The fourth-order valence-electron chi connectivity index (χ4n) is 2.01. The van der Waals surface area contributed by atoms with Gasteiger partial charge in [-0.3, -0.25) is 4.79 Å². The van der Waals surface area contributed by atoms with Gasteiger partial charge in [-0.1, -0.05) is 27.2 Å². The number of nitrogens with one attached hydrogen (secondary N) is 1. The Hall–Kier alpha value is -0.610. The molecule has 1 atom stereocenters. The van der Waals surface area contributed by atoms with Crippen LogP contribution in [0.15, 0.2) is 0 Å². The lowest BCUT2D eigenvalue weighted by Gasteiger charge is -2.16. The van der Waals surface area contributed by atoms with E-state index in [-0.39, 0.29) is 5.91 Å². The van der Waals surface area contributed by atoms with Crippen LogP contribution in [0.5, 0.6) is 0 Å². The van der Waals surface area contributed by atoms with Crippen molar-refractivity contribution in [3.8, 4) is 0 Å². The minimum Gasteiger partial charge on any atom is -0.381 e. The van der Waals surface area contributed by atoms with Crippen molar-refractivity contribution in [2.75, 3.05) is 26.3 Å². The average Bonchev–Trinajstić information content (AvgIpc) is 2.36. The highest BCUT2D eigenvalue weighted by molar-refractivity contribution is 5.76. The van der Waals surface area contributed by atoms with Crippen LogP contribution in [0.2, 0.25) is 0 Å². The van der Waals surface area contributed by atoms with Crippen molar-refractivity contribution in [2.24, 2.45) is 17.6 Å². The molecule has 0 spiro atoms. The second-order valence-electron chi connectivity index (χ2n) is 5.60. The number of rotatable bonds is 12. The zero-order valence-corrected chi connectivity index (χ0v) is 12.9. The molecule has 0 saturated heterocycles. The van der Waals surface area contributed by atoms with Gasteiger partial charge in [0.1, 0.15) is 0 Å². The average molecular weight is 272 g/mol. The highest BCUT2D eigenvalue weighted by atomic mass is 16.5. The number of hydrogen-bond acceptors (Lipinski definition) is 3. The molecule has 0 radical (unpaired) electrons. The minimum atomic E-state index is 0.115. The largest absolute Gasteiger partial charge is 0.381 e. The summed E-state index contributed by atoms with van der Waals surface area (Å²) in [5.74, 6) is 1.01. The lowest BCUT2D eigenvalue weighted by Crippen LogP contribution is -2.30. The predicted molar refractivity (Wildman–Crippen MR) is 80.0 cm³/mol. The van der Waals surface area contributed by atoms with E-state index >= 15 is 0 Å². The van der Waals surface area contributed by atoms with E-state index in [4.69, 9.17) is 10.5 Å². The Morgan fingerprint density at radius 1 is 1.26 bits per heavy atom. The first-order valence-corrected chi connectivity index (χ1v) is 7.64. The fraction of sp³-hybridized carbons (Fsp3) is 0.933. The number of amides is 1. The lowest BCUT2D eigenvalue weighted by molar-refractivity contribution is -0.122. The SMILES string of the molecule is CCCCOCCCNC(=O)C[C@@H](CN)CC(C)C. The van der Waals surface area contributed by atoms with Crippen LogP contribution in [-0.2, 0) is 9.53 Å². The molecule has 0 unspecified atom stereocenters. The maximum Gasteiger partial charge on any atom is 0.220 e. The second-order valence-corrected chi connectivity index (χ2v) is 5.60. The van der Waals surface area contributed by atoms with Gasteiger partial charge in [-0.25, -0.2) is 0 Å². The molecule has 0 aromatic heterocycles. The lowest BCUT2D eigenvalue weighted by atomic mass is 9.94. The van der Waals surface area contributed by atoms with Crippen LogP contribution in [0.1, 0.15) is 52.9 Å². The van der Waals surface area contributed by atoms with Crippen LogP contribution in [0, 0.1) is 11.8 Å². The molecule has 0 aromatic carbocycles. The maximum atomic E-state index is 11.7. The van der Waals surface area contributed by atoms with Gasteiger partial charge in [-0.2, -0.15) is 0 Å². The van der Waals surface area contributed by atoms with Gasteiger partial charge in [0.2, 0.25) is 5.91 Å². The van der Waals surface area contributed by atoms with Crippen molar-refractivity contribution in [1.29, 1.82) is 0 Å². The topological polar surface area (TPSA) is 64.3 Å². The number of ether oxygens (including phenoxy) is 1. The maximum absolute atomic E-state index is 11.7. The zero-order chi connectivity index (χ0) is 14.5. The van der Waals surface area contributed by atoms with Gasteiger partial charge in [-0.05, 0) is 37.6 Å². The molecular formula is C15H32N2O2. The second kappa shape index (κ2) is 12.4. The Kier molecular flexibility index (Phi) is 12.0. The standard InChI is InChI=1S/C15H32N2O2/c1-4-5-8-19-9-6-7-17-15(18)11-14(12-16)10-13(2)3/h13-14H,4-12,16H2,1-3H3,(H,17,18)/t14-/m0/s1. The number of hydrogen-bond donors (Lipinski definition) is 2. The van der Waals surface area contributed by atoms with Crippen molar-refractivity contribution in [3.05, 3.63) is 0 Å². The van der Waals surface area contributed by atoms with E-state index in [1.807, 2.05) is 0 Å². The van der Waals surface area contributed by atoms with E-state index in [2.05, 4.69) is 26.1 Å². The van der Waals surface area contributed by atoms with Gasteiger partial charge in [-0.15, -0.1) is 0 Å². The van der Waals surface area contributed by atoms with Crippen molar-refractivity contribution in [3.63, 3.8) is 0 Å². The van der Waals surface area contributed by atoms with Gasteiger partial charge in [0.05, 0.1) is 0 Å². The molecule has 4 nitrogen and oxygen atoms in total. The predicted octanol–water partition coefficient (Wildman–Crippen LogP) is 2.32. The van der Waals surface area contributed by atoms with Crippen LogP contribution in [0.3, 0.4) is 0 Å². The van der Waals surface area contributed by atoms with E-state index < -0.39 is 0 Å². The third kappa shape index (κ3) is 12.2. The van der Waals surface area contributed by atoms with E-state index in [0.29, 0.717) is 31.3 Å². The van der Waals surface area contributed by atoms with Gasteiger partial charge >= 0.3 is 0 Å². The molecule has 0 aliphatic heterocycles. The summed E-state index contributed by atoms with van der Waals surface area (Å²) >= 11 is 0. The van der Waals surface area contributed by atoms with Gasteiger partial charge in [0.15, 0.2) is 0 Å². The number of carbonyl (C=O) groups excluding carboxylic acids is 1. The Labute approximate surface area is 118 Å². The molecule has 1 amide bonds. The summed E-state index contributed by atoms with van der Waals surface area (Å²) in [5, 5.41) is 2.94. The normalized spacial score (nSPS) is 12.7. The molecule has 0 aliphatic carbocycles. The summed E-state index contributed by atoms with van der Waals surface area (Å²) in [6, 6.07) is 0. The molecule has 0 saturated carbocycles. The molecule has 4 heteroatoms. The van der Waals surface area contributed by atoms with Gasteiger partial charge < -0.3 is 15.8 Å². The van der Waals surface area contributed by atoms with E-state index in [9.17, 15) is 4.79 Å². The Balaban J connectivity index is 3.52. The molecule has 3 N–H and O–H groups in total. The van der Waals surface area contributed by atoms with Crippen molar-refractivity contribution in [1.82, 2.24) is 5.32 Å². The molecule has 0 bridgehead atoms. The molecule has 0 aliphatic rings. The Morgan fingerprint density at radius 2 is 1.95 bits per heavy atom. The highest BCUT2D eigenvalue weighted by Gasteiger charge is 2.13. The fourth-order valence-corrected chi connectivity index (χ4v) is 2.01. The van der Waals surface area contributed by atoms with Crippen LogP contribution in [0.25, 0.3) is 0 Å². The van der Waals surface area contributed by atoms with Crippen LogP contribution >= 0.6 is 0 Å². The summed E-state index contributed by atoms with van der Waals surface area (Å²) in [6.07, 6.45) is 4.72. The van der Waals surface area contributed by atoms with E-state index in [1.54, 1.807) is 0 Å². The Bertz CT molecular complexity index is 220. The first kappa shape index (κ1) is 18.4. The van der Waals surface area contributed by atoms with Crippen LogP contribution in [-0.4, -0.2) is 32.2 Å². The third-order valence-corrected chi connectivity index (χ3v) is 3.04.